The normalized spacial score (nSPS) is 11.1. The number of hydrogen-bond acceptors (Lipinski definition) is 2. The highest BCUT2D eigenvalue weighted by Crippen LogP contribution is 2.13. The molecule has 0 aliphatic carbocycles. The summed E-state index contributed by atoms with van der Waals surface area (Å²) in [6.07, 6.45) is 1.12. The Balaban J connectivity index is 2.34. The molecule has 0 atom stereocenters. The molecule has 0 bridgehead atoms. The van der Waals surface area contributed by atoms with Crippen LogP contribution < -0.4 is 5.32 Å². The number of carbonyl (C=O) groups excluding carboxylic acids is 2. The molecule has 0 aromatic heterocycles. The first kappa shape index (κ1) is 18.2. The van der Waals surface area contributed by atoms with Crippen molar-refractivity contribution in [3.63, 3.8) is 0 Å². The molecule has 2 amide bonds. The lowest BCUT2D eigenvalue weighted by Crippen LogP contribution is -2.36. The van der Waals surface area contributed by atoms with Crippen molar-refractivity contribution in [3.05, 3.63) is 35.4 Å². The highest BCUT2D eigenvalue weighted by molar-refractivity contribution is 5.81. The van der Waals surface area contributed by atoms with Crippen LogP contribution >= 0.6 is 0 Å². The van der Waals surface area contributed by atoms with E-state index in [-0.39, 0.29) is 17.2 Å². The van der Waals surface area contributed by atoms with E-state index in [0.29, 0.717) is 25.9 Å². The second-order valence-corrected chi connectivity index (χ2v) is 6.79. The monoisotopic (exact) mass is 304 g/mol. The van der Waals surface area contributed by atoms with E-state index in [0.717, 1.165) is 0 Å². The van der Waals surface area contributed by atoms with Gasteiger partial charge in [-0.15, -0.1) is 0 Å². The zero-order valence-electron chi connectivity index (χ0n) is 14.4. The van der Waals surface area contributed by atoms with Crippen LogP contribution in [0, 0.1) is 12.3 Å². The molecule has 0 radical (unpaired) electrons. The summed E-state index contributed by atoms with van der Waals surface area (Å²) < 4.78 is 0. The molecule has 122 valence electrons. The van der Waals surface area contributed by atoms with E-state index in [1.54, 1.807) is 4.90 Å². The van der Waals surface area contributed by atoms with E-state index >= 15 is 0 Å². The maximum atomic E-state index is 12.1. The Morgan fingerprint density at radius 1 is 1.18 bits per heavy atom. The van der Waals surface area contributed by atoms with E-state index in [9.17, 15) is 9.59 Å². The van der Waals surface area contributed by atoms with Gasteiger partial charge in [-0.1, -0.05) is 45.0 Å². The highest BCUT2D eigenvalue weighted by atomic mass is 16.2. The zero-order chi connectivity index (χ0) is 16.8. The third-order valence-corrected chi connectivity index (χ3v) is 3.63. The molecule has 0 fully saturated rings. The van der Waals surface area contributed by atoms with Gasteiger partial charge in [0.1, 0.15) is 0 Å². The lowest BCUT2D eigenvalue weighted by molar-refractivity contribution is -0.131. The fourth-order valence-electron chi connectivity index (χ4n) is 2.03. The van der Waals surface area contributed by atoms with Crippen molar-refractivity contribution in [1.29, 1.82) is 0 Å². The number of amides is 2. The Morgan fingerprint density at radius 3 is 2.41 bits per heavy atom. The van der Waals surface area contributed by atoms with Crippen molar-refractivity contribution < 1.29 is 9.59 Å². The van der Waals surface area contributed by atoms with Gasteiger partial charge in [-0.2, -0.15) is 0 Å². The van der Waals surface area contributed by atoms with Crippen molar-refractivity contribution >= 4 is 11.8 Å². The lowest BCUT2D eigenvalue weighted by atomic mass is 9.96. The molecule has 0 spiro atoms. The maximum absolute atomic E-state index is 12.1. The summed E-state index contributed by atoms with van der Waals surface area (Å²) in [5.41, 5.74) is 1.98. The van der Waals surface area contributed by atoms with Crippen LogP contribution in [0.15, 0.2) is 24.3 Å². The third-order valence-electron chi connectivity index (χ3n) is 3.63. The molecule has 0 unspecified atom stereocenters. The number of nitrogens with one attached hydrogen (secondary N) is 1. The number of rotatable bonds is 6. The molecule has 0 aliphatic rings. The minimum atomic E-state index is -0.383. The van der Waals surface area contributed by atoms with E-state index < -0.39 is 0 Å². The Labute approximate surface area is 133 Å². The summed E-state index contributed by atoms with van der Waals surface area (Å²) in [5.74, 6) is 0.126. The third kappa shape index (κ3) is 5.88. The van der Waals surface area contributed by atoms with Crippen LogP contribution in [0.1, 0.15) is 44.7 Å². The second kappa shape index (κ2) is 7.97. The summed E-state index contributed by atoms with van der Waals surface area (Å²) in [6, 6.07) is 8.08. The molecule has 4 heteroatoms. The molecular weight excluding hydrogens is 276 g/mol. The van der Waals surface area contributed by atoms with Crippen LogP contribution in [-0.2, 0) is 16.1 Å². The standard InChI is InChI=1S/C18H28N2O2/c1-14-9-6-7-10-15(14)13-20(5)16(21)11-8-12-19-17(22)18(2,3)4/h6-7,9-10H,8,11-13H2,1-5H3,(H,19,22). The number of nitrogens with zero attached hydrogens (tertiary/aromatic N) is 1. The van der Waals surface area contributed by atoms with Gasteiger partial charge in [0.25, 0.3) is 0 Å². The fourth-order valence-corrected chi connectivity index (χ4v) is 2.03. The van der Waals surface area contributed by atoms with Crippen LogP contribution in [0.2, 0.25) is 0 Å². The quantitative estimate of drug-likeness (QED) is 0.822. The first-order valence-electron chi connectivity index (χ1n) is 7.78. The predicted octanol–water partition coefficient (Wildman–Crippen LogP) is 2.90. The van der Waals surface area contributed by atoms with Crippen molar-refractivity contribution in [2.24, 2.45) is 5.41 Å². The number of benzene rings is 1. The van der Waals surface area contributed by atoms with Crippen LogP contribution in [0.25, 0.3) is 0 Å². The van der Waals surface area contributed by atoms with Gasteiger partial charge in [-0.25, -0.2) is 0 Å². The topological polar surface area (TPSA) is 49.4 Å². The van der Waals surface area contributed by atoms with Gasteiger partial charge < -0.3 is 10.2 Å². The summed E-state index contributed by atoms with van der Waals surface area (Å²) in [4.78, 5) is 25.6. The minimum absolute atomic E-state index is 0.0215. The Kier molecular flexibility index (Phi) is 6.60. The van der Waals surface area contributed by atoms with Gasteiger partial charge in [0.15, 0.2) is 0 Å². The first-order valence-corrected chi connectivity index (χ1v) is 7.78. The summed E-state index contributed by atoms with van der Waals surface area (Å²) in [5, 5.41) is 2.87. The molecule has 22 heavy (non-hydrogen) atoms. The van der Waals surface area contributed by atoms with Crippen molar-refractivity contribution in [1.82, 2.24) is 10.2 Å². The molecule has 1 aromatic rings. The molecular formula is C18H28N2O2. The second-order valence-electron chi connectivity index (χ2n) is 6.79. The SMILES string of the molecule is Cc1ccccc1CN(C)C(=O)CCCNC(=O)C(C)(C)C. The van der Waals surface area contributed by atoms with Crippen LogP contribution in [0.4, 0.5) is 0 Å². The Hall–Kier alpha value is -1.84. The molecule has 0 heterocycles. The van der Waals surface area contributed by atoms with Gasteiger partial charge >= 0.3 is 0 Å². The number of hydrogen-bond donors (Lipinski definition) is 1. The van der Waals surface area contributed by atoms with Crippen molar-refractivity contribution in [2.45, 2.75) is 47.1 Å². The van der Waals surface area contributed by atoms with Gasteiger partial charge in [-0.05, 0) is 24.5 Å². The minimum Gasteiger partial charge on any atom is -0.356 e. The zero-order valence-corrected chi connectivity index (χ0v) is 14.4. The van der Waals surface area contributed by atoms with Crippen LogP contribution in [-0.4, -0.2) is 30.3 Å². The average Bonchev–Trinajstić information content (AvgIpc) is 2.44. The van der Waals surface area contributed by atoms with Gasteiger partial charge in [0.05, 0.1) is 0 Å². The van der Waals surface area contributed by atoms with Crippen molar-refractivity contribution in [2.75, 3.05) is 13.6 Å². The van der Waals surface area contributed by atoms with E-state index in [2.05, 4.69) is 18.3 Å². The largest absolute Gasteiger partial charge is 0.356 e. The van der Waals surface area contributed by atoms with Crippen molar-refractivity contribution in [3.8, 4) is 0 Å². The number of aryl methyl sites for hydroxylation is 1. The van der Waals surface area contributed by atoms with Gasteiger partial charge in [0.2, 0.25) is 11.8 Å². The summed E-state index contributed by atoms with van der Waals surface area (Å²) in [7, 11) is 1.82. The molecule has 1 N–H and O–H groups in total. The van der Waals surface area contributed by atoms with Crippen LogP contribution in [0.5, 0.6) is 0 Å². The lowest BCUT2D eigenvalue weighted by Gasteiger charge is -2.19. The van der Waals surface area contributed by atoms with Crippen LogP contribution in [0.3, 0.4) is 0 Å². The van der Waals surface area contributed by atoms with Gasteiger partial charge in [-0.3, -0.25) is 9.59 Å². The molecule has 0 saturated heterocycles. The first-order chi connectivity index (χ1) is 10.2. The molecule has 1 rings (SSSR count). The predicted molar refractivity (Wildman–Crippen MR) is 89.4 cm³/mol. The fraction of sp³-hybridized carbons (Fsp3) is 0.556. The summed E-state index contributed by atoms with van der Waals surface area (Å²) in [6.45, 7) is 8.85. The summed E-state index contributed by atoms with van der Waals surface area (Å²) >= 11 is 0. The Morgan fingerprint density at radius 2 is 1.82 bits per heavy atom. The Bertz CT molecular complexity index is 518. The van der Waals surface area contributed by atoms with E-state index in [1.807, 2.05) is 46.0 Å². The molecule has 0 aliphatic heterocycles. The molecule has 1 aromatic carbocycles. The average molecular weight is 304 g/mol. The molecule has 4 nitrogen and oxygen atoms in total. The number of carbonyl (C=O) groups is 2. The smallest absolute Gasteiger partial charge is 0.225 e. The molecule has 0 saturated carbocycles. The maximum Gasteiger partial charge on any atom is 0.225 e. The van der Waals surface area contributed by atoms with Gasteiger partial charge in [0, 0.05) is 32.0 Å². The van der Waals surface area contributed by atoms with E-state index in [1.165, 1.54) is 11.1 Å². The van der Waals surface area contributed by atoms with E-state index in [4.69, 9.17) is 0 Å². The highest BCUT2D eigenvalue weighted by Gasteiger charge is 2.20.